The van der Waals surface area contributed by atoms with Gasteiger partial charge in [0, 0.05) is 58.2 Å². The van der Waals surface area contributed by atoms with Crippen molar-refractivity contribution in [3.63, 3.8) is 0 Å². The number of piperidine rings is 1. The van der Waals surface area contributed by atoms with Gasteiger partial charge in [-0.05, 0) is 43.2 Å². The molecule has 2 aliphatic heterocycles. The van der Waals surface area contributed by atoms with Crippen molar-refractivity contribution in [2.75, 3.05) is 46.4 Å². The summed E-state index contributed by atoms with van der Waals surface area (Å²) >= 11 is 0. The number of hydrogen-bond donors (Lipinski definition) is 1. The minimum Gasteiger partial charge on any atom is -0.396 e. The van der Waals surface area contributed by atoms with Gasteiger partial charge in [0.15, 0.2) is 0 Å². The minimum atomic E-state index is -4.45. The molecule has 0 unspecified atom stereocenters. The number of aliphatic hydroxyl groups is 1. The average Bonchev–Trinajstić information content (AvgIpc) is 3.64. The summed E-state index contributed by atoms with van der Waals surface area (Å²) in [7, 11) is 1.63. The number of rotatable bonds is 7. The lowest BCUT2D eigenvalue weighted by atomic mass is 9.94. The van der Waals surface area contributed by atoms with E-state index in [1.807, 2.05) is 9.58 Å². The normalized spacial score (nSPS) is 19.6. The third kappa shape index (κ3) is 5.64. The molecule has 8 nitrogen and oxygen atoms in total. The Balaban J connectivity index is 1.25. The Hall–Kier alpha value is -3.08. The van der Waals surface area contributed by atoms with Crippen LogP contribution in [0.4, 0.5) is 18.0 Å². The lowest BCUT2D eigenvalue weighted by Crippen LogP contribution is -2.57. The molecule has 212 valence electrons. The Bertz CT molecular complexity index is 1200. The van der Waals surface area contributed by atoms with E-state index in [0.29, 0.717) is 31.7 Å². The van der Waals surface area contributed by atoms with Gasteiger partial charge in [0.2, 0.25) is 0 Å². The first kappa shape index (κ1) is 27.5. The van der Waals surface area contributed by atoms with E-state index in [0.717, 1.165) is 37.4 Å². The second-order valence-corrected chi connectivity index (χ2v) is 11.3. The number of nitrogens with zero attached hydrogens (tertiary/aromatic N) is 5. The Kier molecular flexibility index (Phi) is 7.63. The highest BCUT2D eigenvalue weighted by Gasteiger charge is 2.39. The molecule has 3 aliphatic rings. The van der Waals surface area contributed by atoms with E-state index >= 15 is 0 Å². The maximum atomic E-state index is 13.5. The van der Waals surface area contributed by atoms with E-state index in [4.69, 9.17) is 0 Å². The number of likely N-dealkylation sites (tertiary alicyclic amines) is 2. The molecule has 3 amide bonds. The number of amides is 3. The van der Waals surface area contributed by atoms with Crippen molar-refractivity contribution < 1.29 is 27.9 Å². The van der Waals surface area contributed by atoms with Crippen LogP contribution in [0.3, 0.4) is 0 Å². The van der Waals surface area contributed by atoms with Gasteiger partial charge in [-0.25, -0.2) is 4.79 Å². The third-order valence-corrected chi connectivity index (χ3v) is 8.29. The van der Waals surface area contributed by atoms with Crippen LogP contribution in [0.5, 0.6) is 0 Å². The van der Waals surface area contributed by atoms with Crippen molar-refractivity contribution in [2.24, 2.45) is 5.92 Å². The van der Waals surface area contributed by atoms with Gasteiger partial charge >= 0.3 is 12.2 Å². The summed E-state index contributed by atoms with van der Waals surface area (Å²) in [6.07, 6.45) is 0.573. The number of likely N-dealkylation sites (N-methyl/N-ethyl adjacent to an activating group) is 1. The van der Waals surface area contributed by atoms with Crippen LogP contribution < -0.4 is 0 Å². The Morgan fingerprint density at radius 1 is 1.10 bits per heavy atom. The molecule has 5 rings (SSSR count). The molecule has 3 heterocycles. The fourth-order valence-electron chi connectivity index (χ4n) is 5.92. The maximum absolute atomic E-state index is 13.5. The number of aromatic nitrogens is 2. The summed E-state index contributed by atoms with van der Waals surface area (Å²) in [5, 5.41) is 13.8. The number of halogens is 3. The molecule has 2 aromatic rings. The molecule has 1 aromatic heterocycles. The van der Waals surface area contributed by atoms with E-state index in [1.165, 1.54) is 17.0 Å². The molecule has 1 aromatic carbocycles. The van der Waals surface area contributed by atoms with Crippen molar-refractivity contribution >= 4 is 11.9 Å². The largest absolute Gasteiger partial charge is 0.416 e. The molecule has 1 saturated carbocycles. The van der Waals surface area contributed by atoms with Crippen LogP contribution in [0.1, 0.15) is 77.7 Å². The van der Waals surface area contributed by atoms with Gasteiger partial charge in [0.1, 0.15) is 0 Å². The lowest BCUT2D eigenvalue weighted by Gasteiger charge is -2.43. The van der Waals surface area contributed by atoms with Gasteiger partial charge in [-0.1, -0.05) is 25.1 Å². The highest BCUT2D eigenvalue weighted by molar-refractivity contribution is 5.95. The predicted molar refractivity (Wildman–Crippen MR) is 138 cm³/mol. The second-order valence-electron chi connectivity index (χ2n) is 11.3. The minimum absolute atomic E-state index is 0.0136. The zero-order chi connectivity index (χ0) is 27.9. The predicted octanol–water partition coefficient (Wildman–Crippen LogP) is 4.34. The summed E-state index contributed by atoms with van der Waals surface area (Å²) in [6, 6.07) is 5.62. The number of alkyl halides is 3. The number of benzene rings is 1. The Morgan fingerprint density at radius 2 is 1.77 bits per heavy atom. The van der Waals surface area contributed by atoms with Crippen molar-refractivity contribution in [3.8, 4) is 0 Å². The molecule has 0 spiro atoms. The van der Waals surface area contributed by atoms with E-state index in [2.05, 4.69) is 5.10 Å². The number of hydrogen-bond acceptors (Lipinski definition) is 4. The van der Waals surface area contributed by atoms with Crippen LogP contribution in [0, 0.1) is 5.92 Å². The molecule has 1 N–H and O–H groups in total. The molecule has 3 fully saturated rings. The third-order valence-electron chi connectivity index (χ3n) is 8.29. The van der Waals surface area contributed by atoms with Gasteiger partial charge < -0.3 is 19.8 Å². The van der Waals surface area contributed by atoms with Crippen LogP contribution in [0.25, 0.3) is 0 Å². The van der Waals surface area contributed by atoms with Crippen LogP contribution in [0.15, 0.2) is 30.5 Å². The molecule has 2 saturated heterocycles. The number of carbonyl (C=O) groups excluding carboxylic acids is 2. The quantitative estimate of drug-likeness (QED) is 0.560. The molecule has 0 bridgehead atoms. The second kappa shape index (κ2) is 10.8. The number of aliphatic hydroxyl groups excluding tert-OH is 1. The van der Waals surface area contributed by atoms with Crippen LogP contribution >= 0.6 is 0 Å². The molecule has 39 heavy (non-hydrogen) atoms. The lowest BCUT2D eigenvalue weighted by molar-refractivity contribution is -0.138. The number of urea groups is 1. The van der Waals surface area contributed by atoms with Crippen LogP contribution in [-0.4, -0.2) is 87.9 Å². The maximum Gasteiger partial charge on any atom is 0.416 e. The van der Waals surface area contributed by atoms with Gasteiger partial charge in [-0.2, -0.15) is 18.3 Å². The molecular weight excluding hydrogens is 511 g/mol. The molecule has 1 aliphatic carbocycles. The Labute approximate surface area is 226 Å². The van der Waals surface area contributed by atoms with Crippen molar-refractivity contribution in [1.29, 1.82) is 0 Å². The Morgan fingerprint density at radius 3 is 2.38 bits per heavy atom. The molecule has 0 radical (unpaired) electrons. The monoisotopic (exact) mass is 547 g/mol. The fourth-order valence-corrected chi connectivity index (χ4v) is 5.92. The van der Waals surface area contributed by atoms with Crippen molar-refractivity contribution in [2.45, 2.75) is 56.7 Å². The summed E-state index contributed by atoms with van der Waals surface area (Å²) in [6.45, 7) is 4.36. The van der Waals surface area contributed by atoms with Gasteiger partial charge in [0.25, 0.3) is 5.91 Å². The standard InChI is InChI=1S/C28H36F3N5O3/c1-18(22-5-3-4-6-24(22)28(29,30)31)14-33(2)26(38)23-13-32-36(25(23)20-7-8-20)21-9-11-34(12-10-21)27(39)35-15-19(16-35)17-37/h3-6,13,18-21,37H,7-12,14-17H2,1-2H3/t18-/m1/s1. The van der Waals surface area contributed by atoms with E-state index < -0.39 is 17.7 Å². The zero-order valence-corrected chi connectivity index (χ0v) is 22.4. The van der Waals surface area contributed by atoms with Gasteiger partial charge in [-0.3, -0.25) is 9.48 Å². The van der Waals surface area contributed by atoms with Crippen LogP contribution in [-0.2, 0) is 6.18 Å². The summed E-state index contributed by atoms with van der Waals surface area (Å²) in [4.78, 5) is 31.4. The molecule has 1 atom stereocenters. The molecular formula is C28H36F3N5O3. The first-order valence-electron chi connectivity index (χ1n) is 13.7. The zero-order valence-electron chi connectivity index (χ0n) is 22.4. The number of carbonyl (C=O) groups is 2. The topological polar surface area (TPSA) is 81.9 Å². The first-order valence-corrected chi connectivity index (χ1v) is 13.7. The van der Waals surface area contributed by atoms with Crippen molar-refractivity contribution in [1.82, 2.24) is 24.5 Å². The van der Waals surface area contributed by atoms with E-state index in [1.54, 1.807) is 31.1 Å². The summed E-state index contributed by atoms with van der Waals surface area (Å²) in [5.41, 5.74) is 0.935. The summed E-state index contributed by atoms with van der Waals surface area (Å²) in [5.74, 6) is -0.312. The average molecular weight is 548 g/mol. The first-order chi connectivity index (χ1) is 18.6. The summed E-state index contributed by atoms with van der Waals surface area (Å²) < 4.78 is 42.6. The van der Waals surface area contributed by atoms with E-state index in [9.17, 15) is 27.9 Å². The SMILES string of the molecule is C[C@H](CN(C)C(=O)c1cnn(C2CCN(C(=O)N3CC(CO)C3)CC2)c1C1CC1)c1ccccc1C(F)(F)F. The highest BCUT2D eigenvalue weighted by atomic mass is 19.4. The smallest absolute Gasteiger partial charge is 0.396 e. The van der Waals surface area contributed by atoms with E-state index in [-0.39, 0.29) is 48.5 Å². The van der Waals surface area contributed by atoms with Crippen LogP contribution in [0.2, 0.25) is 0 Å². The van der Waals surface area contributed by atoms with Crippen molar-refractivity contribution in [3.05, 3.63) is 52.8 Å². The fraction of sp³-hybridized carbons (Fsp3) is 0.607. The van der Waals surface area contributed by atoms with Gasteiger partial charge in [-0.15, -0.1) is 0 Å². The highest BCUT2D eigenvalue weighted by Crippen LogP contribution is 2.44. The molecule has 11 heteroatoms. The van der Waals surface area contributed by atoms with Gasteiger partial charge in [0.05, 0.1) is 29.1 Å².